The van der Waals surface area contributed by atoms with Gasteiger partial charge in [0.15, 0.2) is 0 Å². The average Bonchev–Trinajstić information content (AvgIpc) is 2.31. The lowest BCUT2D eigenvalue weighted by atomic mass is 10.00. The third kappa shape index (κ3) is 2.51. The number of anilines is 1. The number of nitrogen functional groups attached to an aromatic ring is 1. The average molecular weight is 216 g/mol. The second-order valence-corrected chi connectivity index (χ2v) is 3.83. The SMILES string of the molecule is CC.CC(C)c1ccc2c(N)nccc2c1. The largest absolute Gasteiger partial charge is 0.383 e. The summed E-state index contributed by atoms with van der Waals surface area (Å²) in [5.41, 5.74) is 7.11. The predicted molar refractivity (Wildman–Crippen MR) is 71.6 cm³/mol. The van der Waals surface area contributed by atoms with Crippen molar-refractivity contribution in [2.45, 2.75) is 33.6 Å². The van der Waals surface area contributed by atoms with Crippen LogP contribution in [-0.4, -0.2) is 4.98 Å². The van der Waals surface area contributed by atoms with Crippen LogP contribution in [0.25, 0.3) is 10.8 Å². The fraction of sp³-hybridized carbons (Fsp3) is 0.357. The lowest BCUT2D eigenvalue weighted by Gasteiger charge is -2.07. The van der Waals surface area contributed by atoms with Crippen molar-refractivity contribution < 1.29 is 0 Å². The van der Waals surface area contributed by atoms with Crippen molar-refractivity contribution in [1.29, 1.82) is 0 Å². The van der Waals surface area contributed by atoms with Crippen LogP contribution in [0.15, 0.2) is 30.5 Å². The van der Waals surface area contributed by atoms with E-state index in [-0.39, 0.29) is 0 Å². The Bertz CT molecular complexity index is 461. The lowest BCUT2D eigenvalue weighted by Crippen LogP contribution is -1.92. The molecule has 0 bridgehead atoms. The van der Waals surface area contributed by atoms with Gasteiger partial charge in [0.1, 0.15) is 5.82 Å². The van der Waals surface area contributed by atoms with Gasteiger partial charge in [0.25, 0.3) is 0 Å². The van der Waals surface area contributed by atoms with E-state index in [2.05, 4.69) is 31.0 Å². The van der Waals surface area contributed by atoms with Gasteiger partial charge >= 0.3 is 0 Å². The van der Waals surface area contributed by atoms with E-state index in [9.17, 15) is 0 Å². The van der Waals surface area contributed by atoms with Crippen LogP contribution in [0.4, 0.5) is 5.82 Å². The molecule has 0 unspecified atom stereocenters. The molecule has 2 aromatic rings. The molecule has 0 radical (unpaired) electrons. The van der Waals surface area contributed by atoms with Gasteiger partial charge in [0.05, 0.1) is 0 Å². The molecule has 0 saturated heterocycles. The third-order valence-corrected chi connectivity index (χ3v) is 2.49. The number of fused-ring (bicyclic) bond motifs is 1. The molecule has 0 aliphatic rings. The van der Waals surface area contributed by atoms with Crippen molar-refractivity contribution in [3.8, 4) is 0 Å². The Labute approximate surface area is 97.5 Å². The summed E-state index contributed by atoms with van der Waals surface area (Å²) >= 11 is 0. The van der Waals surface area contributed by atoms with E-state index in [1.807, 2.05) is 26.0 Å². The Morgan fingerprint density at radius 3 is 2.44 bits per heavy atom. The molecule has 0 atom stereocenters. The molecular formula is C14H20N2. The summed E-state index contributed by atoms with van der Waals surface area (Å²) in [6.45, 7) is 8.37. The molecule has 0 amide bonds. The summed E-state index contributed by atoms with van der Waals surface area (Å²) in [6.07, 6.45) is 1.75. The Morgan fingerprint density at radius 2 is 1.81 bits per heavy atom. The third-order valence-electron chi connectivity index (χ3n) is 2.49. The number of pyridine rings is 1. The Kier molecular flexibility index (Phi) is 4.29. The van der Waals surface area contributed by atoms with Crippen LogP contribution in [0.3, 0.4) is 0 Å². The van der Waals surface area contributed by atoms with Crippen LogP contribution in [-0.2, 0) is 0 Å². The molecule has 2 rings (SSSR count). The first-order valence-corrected chi connectivity index (χ1v) is 5.82. The standard InChI is InChI=1S/C12H14N2.C2H6/c1-8(2)9-3-4-11-10(7-9)5-6-14-12(11)13;1-2/h3-8H,1-2H3,(H2,13,14);1-2H3. The van der Waals surface area contributed by atoms with Crippen molar-refractivity contribution in [1.82, 2.24) is 4.98 Å². The Balaban J connectivity index is 0.000000606. The van der Waals surface area contributed by atoms with Crippen molar-refractivity contribution in [3.05, 3.63) is 36.0 Å². The van der Waals surface area contributed by atoms with Crippen molar-refractivity contribution in [3.63, 3.8) is 0 Å². The molecule has 2 N–H and O–H groups in total. The zero-order valence-electron chi connectivity index (χ0n) is 10.5. The highest BCUT2D eigenvalue weighted by atomic mass is 14.8. The fourth-order valence-corrected chi connectivity index (χ4v) is 1.58. The van der Waals surface area contributed by atoms with E-state index in [1.165, 1.54) is 10.9 Å². The van der Waals surface area contributed by atoms with Crippen molar-refractivity contribution in [2.24, 2.45) is 0 Å². The van der Waals surface area contributed by atoms with Gasteiger partial charge in [-0.25, -0.2) is 4.98 Å². The number of benzene rings is 1. The van der Waals surface area contributed by atoms with Crippen LogP contribution in [0.2, 0.25) is 0 Å². The zero-order valence-corrected chi connectivity index (χ0v) is 10.5. The molecule has 0 saturated carbocycles. The number of aromatic nitrogens is 1. The summed E-state index contributed by atoms with van der Waals surface area (Å²) in [5, 5.41) is 2.21. The zero-order chi connectivity index (χ0) is 12.1. The van der Waals surface area contributed by atoms with E-state index >= 15 is 0 Å². The Morgan fingerprint density at radius 1 is 1.12 bits per heavy atom. The first kappa shape index (κ1) is 12.5. The molecule has 0 aliphatic carbocycles. The monoisotopic (exact) mass is 216 g/mol. The second-order valence-electron chi connectivity index (χ2n) is 3.83. The molecule has 1 aromatic carbocycles. The maximum atomic E-state index is 5.77. The molecule has 2 nitrogen and oxygen atoms in total. The quantitative estimate of drug-likeness (QED) is 0.783. The van der Waals surface area contributed by atoms with Gasteiger partial charge in [-0.15, -0.1) is 0 Å². The summed E-state index contributed by atoms with van der Waals surface area (Å²) in [4.78, 5) is 4.06. The molecule has 0 aliphatic heterocycles. The lowest BCUT2D eigenvalue weighted by molar-refractivity contribution is 0.869. The molecule has 0 spiro atoms. The second kappa shape index (κ2) is 5.50. The van der Waals surface area contributed by atoms with Gasteiger partial charge in [0, 0.05) is 11.6 Å². The van der Waals surface area contributed by atoms with E-state index in [4.69, 9.17) is 5.73 Å². The number of rotatable bonds is 1. The Hall–Kier alpha value is -1.57. The van der Waals surface area contributed by atoms with Crippen molar-refractivity contribution >= 4 is 16.6 Å². The van der Waals surface area contributed by atoms with E-state index in [0.717, 1.165) is 5.39 Å². The molecule has 0 fully saturated rings. The summed E-state index contributed by atoms with van der Waals surface area (Å²) in [6, 6.07) is 8.34. The number of nitrogens with zero attached hydrogens (tertiary/aromatic N) is 1. The maximum Gasteiger partial charge on any atom is 0.131 e. The molecule has 1 heterocycles. The van der Waals surface area contributed by atoms with Gasteiger partial charge in [-0.3, -0.25) is 0 Å². The normalized spacial score (nSPS) is 10.1. The van der Waals surface area contributed by atoms with Crippen molar-refractivity contribution in [2.75, 3.05) is 5.73 Å². The van der Waals surface area contributed by atoms with E-state index < -0.39 is 0 Å². The number of nitrogens with two attached hydrogens (primary N) is 1. The molecular weight excluding hydrogens is 196 g/mol. The number of hydrogen-bond acceptors (Lipinski definition) is 2. The molecule has 86 valence electrons. The first-order valence-electron chi connectivity index (χ1n) is 5.82. The van der Waals surface area contributed by atoms with Gasteiger partial charge in [-0.1, -0.05) is 45.9 Å². The van der Waals surface area contributed by atoms with Gasteiger partial charge in [0.2, 0.25) is 0 Å². The summed E-state index contributed by atoms with van der Waals surface area (Å²) in [5.74, 6) is 1.16. The summed E-state index contributed by atoms with van der Waals surface area (Å²) < 4.78 is 0. The summed E-state index contributed by atoms with van der Waals surface area (Å²) in [7, 11) is 0. The van der Waals surface area contributed by atoms with Crippen LogP contribution in [0, 0.1) is 0 Å². The minimum atomic E-state index is 0.550. The maximum absolute atomic E-state index is 5.77. The smallest absolute Gasteiger partial charge is 0.131 e. The minimum absolute atomic E-state index is 0.550. The van der Waals surface area contributed by atoms with Gasteiger partial charge < -0.3 is 5.73 Å². The van der Waals surface area contributed by atoms with E-state index in [1.54, 1.807) is 6.20 Å². The van der Waals surface area contributed by atoms with E-state index in [0.29, 0.717) is 11.7 Å². The highest BCUT2D eigenvalue weighted by Crippen LogP contribution is 2.23. The van der Waals surface area contributed by atoms with Crippen LogP contribution in [0.1, 0.15) is 39.2 Å². The number of hydrogen-bond donors (Lipinski definition) is 1. The molecule has 16 heavy (non-hydrogen) atoms. The van der Waals surface area contributed by atoms with Crippen LogP contribution >= 0.6 is 0 Å². The molecule has 1 aromatic heterocycles. The fourth-order valence-electron chi connectivity index (χ4n) is 1.58. The highest BCUT2D eigenvalue weighted by Gasteiger charge is 2.02. The van der Waals surface area contributed by atoms with Crippen LogP contribution < -0.4 is 5.73 Å². The van der Waals surface area contributed by atoms with Crippen LogP contribution in [0.5, 0.6) is 0 Å². The molecule has 2 heteroatoms. The van der Waals surface area contributed by atoms with Gasteiger partial charge in [-0.05, 0) is 22.9 Å². The first-order chi connectivity index (χ1) is 7.68. The predicted octanol–water partition coefficient (Wildman–Crippen LogP) is 3.97. The minimum Gasteiger partial charge on any atom is -0.383 e. The topological polar surface area (TPSA) is 38.9 Å². The highest BCUT2D eigenvalue weighted by molar-refractivity contribution is 5.91. The van der Waals surface area contributed by atoms with Gasteiger partial charge in [-0.2, -0.15) is 0 Å².